The second kappa shape index (κ2) is 6.99. The Balaban J connectivity index is 1.99. The first kappa shape index (κ1) is 15.2. The average Bonchev–Trinajstić information content (AvgIpc) is 2.45. The molecule has 4 nitrogen and oxygen atoms in total. The molecule has 0 saturated heterocycles. The monoisotopic (exact) mass is 304 g/mol. The molecule has 0 fully saturated rings. The molecule has 0 aromatic heterocycles. The Kier molecular flexibility index (Phi) is 5.06. The standard InChI is InChI=1S/C16H17ClN2O2/c1-3-21-14-8-6-13(7-9-14)18-16(20)19-15-10-12(17)5-4-11(15)2/h4-10H,3H2,1-2H3,(H2,18,19,20). The van der Waals surface area contributed by atoms with E-state index >= 15 is 0 Å². The van der Waals surface area contributed by atoms with E-state index in [4.69, 9.17) is 16.3 Å². The molecule has 2 N–H and O–H groups in total. The Labute approximate surface area is 129 Å². The minimum atomic E-state index is -0.315. The largest absolute Gasteiger partial charge is 0.494 e. The summed E-state index contributed by atoms with van der Waals surface area (Å²) < 4.78 is 5.35. The fourth-order valence-corrected chi connectivity index (χ4v) is 1.99. The van der Waals surface area contributed by atoms with Gasteiger partial charge in [-0.1, -0.05) is 17.7 Å². The number of amides is 2. The van der Waals surface area contributed by atoms with Crippen LogP contribution in [-0.2, 0) is 0 Å². The van der Waals surface area contributed by atoms with E-state index in [2.05, 4.69) is 10.6 Å². The minimum absolute atomic E-state index is 0.315. The third-order valence-corrected chi connectivity index (χ3v) is 3.11. The summed E-state index contributed by atoms with van der Waals surface area (Å²) in [6.07, 6.45) is 0. The Bertz CT molecular complexity index is 627. The van der Waals surface area contributed by atoms with Gasteiger partial charge in [0.25, 0.3) is 0 Å². The number of rotatable bonds is 4. The zero-order chi connectivity index (χ0) is 15.2. The summed E-state index contributed by atoms with van der Waals surface area (Å²) in [4.78, 5) is 12.0. The molecule has 110 valence electrons. The predicted octanol–water partition coefficient (Wildman–Crippen LogP) is 4.69. The van der Waals surface area contributed by atoms with E-state index < -0.39 is 0 Å². The van der Waals surface area contributed by atoms with Gasteiger partial charge in [0, 0.05) is 16.4 Å². The van der Waals surface area contributed by atoms with Crippen LogP contribution in [-0.4, -0.2) is 12.6 Å². The van der Waals surface area contributed by atoms with Crippen LogP contribution in [0.3, 0.4) is 0 Å². The van der Waals surface area contributed by atoms with Crippen molar-refractivity contribution < 1.29 is 9.53 Å². The Morgan fingerprint density at radius 3 is 2.52 bits per heavy atom. The van der Waals surface area contributed by atoms with Crippen molar-refractivity contribution >= 4 is 29.0 Å². The van der Waals surface area contributed by atoms with Crippen molar-refractivity contribution in [1.29, 1.82) is 0 Å². The molecule has 2 aromatic carbocycles. The molecule has 0 heterocycles. The highest BCUT2D eigenvalue weighted by Crippen LogP contribution is 2.21. The molecule has 21 heavy (non-hydrogen) atoms. The van der Waals surface area contributed by atoms with Gasteiger partial charge in [-0.3, -0.25) is 0 Å². The van der Waals surface area contributed by atoms with Crippen LogP contribution >= 0.6 is 11.6 Å². The van der Waals surface area contributed by atoms with Gasteiger partial charge in [0.05, 0.1) is 6.61 Å². The van der Waals surface area contributed by atoms with Gasteiger partial charge >= 0.3 is 6.03 Å². The summed E-state index contributed by atoms with van der Waals surface area (Å²) >= 11 is 5.92. The highest BCUT2D eigenvalue weighted by molar-refractivity contribution is 6.31. The molecule has 0 saturated carbocycles. The van der Waals surface area contributed by atoms with Crippen molar-refractivity contribution in [3.8, 4) is 5.75 Å². The Morgan fingerprint density at radius 1 is 1.14 bits per heavy atom. The third kappa shape index (κ3) is 4.39. The number of hydrogen-bond acceptors (Lipinski definition) is 2. The van der Waals surface area contributed by atoms with Gasteiger partial charge in [0.1, 0.15) is 5.75 Å². The lowest BCUT2D eigenvalue weighted by atomic mass is 10.2. The molecule has 2 rings (SSSR count). The smallest absolute Gasteiger partial charge is 0.323 e. The van der Waals surface area contributed by atoms with Crippen molar-refractivity contribution in [3.63, 3.8) is 0 Å². The summed E-state index contributed by atoms with van der Waals surface area (Å²) in [7, 11) is 0. The molecule has 0 radical (unpaired) electrons. The first-order chi connectivity index (χ1) is 10.1. The molecule has 2 amide bonds. The number of aryl methyl sites for hydroxylation is 1. The molecule has 0 spiro atoms. The Morgan fingerprint density at radius 2 is 1.86 bits per heavy atom. The minimum Gasteiger partial charge on any atom is -0.494 e. The van der Waals surface area contributed by atoms with Crippen molar-refractivity contribution in [2.75, 3.05) is 17.2 Å². The van der Waals surface area contributed by atoms with E-state index in [1.807, 2.05) is 32.0 Å². The Hall–Kier alpha value is -2.20. The fraction of sp³-hybridized carbons (Fsp3) is 0.188. The van der Waals surface area contributed by atoms with E-state index in [1.165, 1.54) is 0 Å². The summed E-state index contributed by atoms with van der Waals surface area (Å²) in [6, 6.07) is 12.2. The molecular weight excluding hydrogens is 288 g/mol. The summed E-state index contributed by atoms with van der Waals surface area (Å²) in [5.41, 5.74) is 2.32. The molecule has 0 aliphatic heterocycles. The molecule has 0 aliphatic carbocycles. The number of nitrogens with one attached hydrogen (secondary N) is 2. The van der Waals surface area contributed by atoms with Crippen molar-refractivity contribution in [1.82, 2.24) is 0 Å². The number of ether oxygens (including phenoxy) is 1. The van der Waals surface area contributed by atoms with Gasteiger partial charge in [0.2, 0.25) is 0 Å². The van der Waals surface area contributed by atoms with Gasteiger partial charge in [-0.05, 0) is 55.8 Å². The van der Waals surface area contributed by atoms with E-state index in [1.54, 1.807) is 24.3 Å². The highest BCUT2D eigenvalue weighted by atomic mass is 35.5. The number of carbonyl (C=O) groups is 1. The predicted molar refractivity (Wildman–Crippen MR) is 86.4 cm³/mol. The maximum absolute atomic E-state index is 12.0. The topological polar surface area (TPSA) is 50.4 Å². The fourth-order valence-electron chi connectivity index (χ4n) is 1.81. The van der Waals surface area contributed by atoms with E-state index in [-0.39, 0.29) is 6.03 Å². The van der Waals surface area contributed by atoms with E-state index in [9.17, 15) is 4.79 Å². The first-order valence-corrected chi connectivity index (χ1v) is 7.03. The van der Waals surface area contributed by atoms with Crippen LogP contribution in [0.4, 0.5) is 16.2 Å². The number of hydrogen-bond donors (Lipinski definition) is 2. The zero-order valence-electron chi connectivity index (χ0n) is 11.9. The molecule has 2 aromatic rings. The van der Waals surface area contributed by atoms with Crippen LogP contribution in [0.15, 0.2) is 42.5 Å². The van der Waals surface area contributed by atoms with Gasteiger partial charge in [-0.15, -0.1) is 0 Å². The van der Waals surface area contributed by atoms with Crippen LogP contribution in [0, 0.1) is 6.92 Å². The van der Waals surface area contributed by atoms with Gasteiger partial charge in [-0.25, -0.2) is 4.79 Å². The number of anilines is 2. The summed E-state index contributed by atoms with van der Waals surface area (Å²) in [5, 5.41) is 6.11. The van der Waals surface area contributed by atoms with Crippen LogP contribution in [0.2, 0.25) is 5.02 Å². The summed E-state index contributed by atoms with van der Waals surface area (Å²) in [5.74, 6) is 0.772. The SMILES string of the molecule is CCOc1ccc(NC(=O)Nc2cc(Cl)ccc2C)cc1. The van der Waals surface area contributed by atoms with Gasteiger partial charge in [0.15, 0.2) is 0 Å². The van der Waals surface area contributed by atoms with Crippen LogP contribution in [0.1, 0.15) is 12.5 Å². The van der Waals surface area contributed by atoms with Crippen molar-refractivity contribution in [2.24, 2.45) is 0 Å². The summed E-state index contributed by atoms with van der Waals surface area (Å²) in [6.45, 7) is 4.44. The van der Waals surface area contributed by atoms with Crippen LogP contribution in [0.5, 0.6) is 5.75 Å². The second-order valence-electron chi connectivity index (χ2n) is 4.50. The molecule has 0 aliphatic rings. The van der Waals surface area contributed by atoms with Crippen LogP contribution < -0.4 is 15.4 Å². The molecule has 0 unspecified atom stereocenters. The first-order valence-electron chi connectivity index (χ1n) is 6.65. The molecule has 0 atom stereocenters. The maximum Gasteiger partial charge on any atom is 0.323 e. The normalized spacial score (nSPS) is 10.0. The maximum atomic E-state index is 12.0. The van der Waals surface area contributed by atoms with Gasteiger partial charge in [-0.2, -0.15) is 0 Å². The molecular formula is C16H17ClN2O2. The lowest BCUT2D eigenvalue weighted by Gasteiger charge is -2.11. The van der Waals surface area contributed by atoms with Crippen molar-refractivity contribution in [2.45, 2.75) is 13.8 Å². The number of urea groups is 1. The quantitative estimate of drug-likeness (QED) is 0.861. The third-order valence-electron chi connectivity index (χ3n) is 2.87. The number of halogens is 1. The molecule has 5 heteroatoms. The van der Waals surface area contributed by atoms with Crippen LogP contribution in [0.25, 0.3) is 0 Å². The number of carbonyl (C=O) groups excluding carboxylic acids is 1. The van der Waals surface area contributed by atoms with E-state index in [0.29, 0.717) is 23.0 Å². The lowest BCUT2D eigenvalue weighted by Crippen LogP contribution is -2.19. The lowest BCUT2D eigenvalue weighted by molar-refractivity contribution is 0.262. The van der Waals surface area contributed by atoms with E-state index in [0.717, 1.165) is 11.3 Å². The highest BCUT2D eigenvalue weighted by Gasteiger charge is 2.06. The second-order valence-corrected chi connectivity index (χ2v) is 4.93. The zero-order valence-corrected chi connectivity index (χ0v) is 12.7. The average molecular weight is 305 g/mol. The van der Waals surface area contributed by atoms with Gasteiger partial charge < -0.3 is 15.4 Å². The number of benzene rings is 2. The molecule has 0 bridgehead atoms. The van der Waals surface area contributed by atoms with Crippen molar-refractivity contribution in [3.05, 3.63) is 53.1 Å².